The Balaban J connectivity index is 1.34. The minimum atomic E-state index is -0.280. The second-order valence-electron chi connectivity index (χ2n) is 11.8. The number of benzene rings is 2. The highest BCUT2D eigenvalue weighted by molar-refractivity contribution is 7.14. The third kappa shape index (κ3) is 6.34. The summed E-state index contributed by atoms with van der Waals surface area (Å²) in [6.07, 6.45) is 5.66. The van der Waals surface area contributed by atoms with E-state index in [1.54, 1.807) is 0 Å². The maximum absolute atomic E-state index is 9.88. The number of aromatic nitrogens is 4. The smallest absolute Gasteiger partial charge is 0.109 e. The largest absolute Gasteiger partial charge is 0.373 e. The highest BCUT2D eigenvalue weighted by Gasteiger charge is 2.29. The fourth-order valence-corrected chi connectivity index (χ4v) is 6.71. The SMILES string of the molecule is CC(C)(C)N1CCC(n2cc([C@@H](Nc3cc(Cl)c4ncc(C#N)c(Nc5csc(Cl)c5)c4c3)c3ccccc3)nn2)CC1. The Bertz CT molecular complexity index is 1780. The van der Waals surface area contributed by atoms with Gasteiger partial charge in [-0.15, -0.1) is 16.4 Å². The standard InChI is InChI=1S/C32H32Cl2N8S/c1-32(2,3)41-11-9-24(10-12-41)42-18-27(39-40-42)30(20-7-5-4-6-8-20)37-22-13-25-29(38-23-15-28(34)43-19-23)21(16-35)17-36-31(25)26(33)14-22/h4-8,13-15,17-19,24,30,37H,9-12H2,1-3H3,(H,36,38)/t30-/m0/s1. The molecule has 0 bridgehead atoms. The fraction of sp³-hybridized carbons (Fsp3) is 0.312. The molecule has 2 aromatic carbocycles. The lowest BCUT2D eigenvalue weighted by Gasteiger charge is -2.40. The predicted octanol–water partition coefficient (Wildman–Crippen LogP) is 8.45. The Labute approximate surface area is 265 Å². The van der Waals surface area contributed by atoms with Gasteiger partial charge in [0.05, 0.1) is 50.1 Å². The number of rotatable bonds is 7. The summed E-state index contributed by atoms with van der Waals surface area (Å²) in [5.41, 5.74) is 5.21. The number of nitriles is 1. The van der Waals surface area contributed by atoms with Crippen LogP contribution in [0.1, 0.15) is 62.5 Å². The van der Waals surface area contributed by atoms with Crippen LogP contribution >= 0.6 is 34.5 Å². The number of nitrogens with zero attached hydrogens (tertiary/aromatic N) is 6. The van der Waals surface area contributed by atoms with Crippen molar-refractivity contribution in [2.24, 2.45) is 0 Å². The zero-order valence-electron chi connectivity index (χ0n) is 24.2. The number of hydrogen-bond acceptors (Lipinski definition) is 8. The molecule has 220 valence electrons. The minimum Gasteiger partial charge on any atom is -0.373 e. The van der Waals surface area contributed by atoms with Gasteiger partial charge in [0.25, 0.3) is 0 Å². The van der Waals surface area contributed by atoms with Crippen molar-refractivity contribution in [3.63, 3.8) is 0 Å². The molecule has 11 heteroatoms. The molecule has 8 nitrogen and oxygen atoms in total. The van der Waals surface area contributed by atoms with E-state index in [4.69, 9.17) is 23.2 Å². The molecule has 6 rings (SSSR count). The van der Waals surface area contributed by atoms with E-state index < -0.39 is 0 Å². The van der Waals surface area contributed by atoms with Crippen molar-refractivity contribution in [1.82, 2.24) is 24.9 Å². The van der Waals surface area contributed by atoms with Crippen molar-refractivity contribution in [3.05, 3.63) is 92.5 Å². The molecule has 0 spiro atoms. The first-order valence-corrected chi connectivity index (χ1v) is 15.8. The van der Waals surface area contributed by atoms with Gasteiger partial charge in [-0.1, -0.05) is 58.7 Å². The van der Waals surface area contributed by atoms with Crippen molar-refractivity contribution in [2.75, 3.05) is 23.7 Å². The topological polar surface area (TPSA) is 94.7 Å². The molecule has 0 radical (unpaired) electrons. The second kappa shape index (κ2) is 12.1. The Morgan fingerprint density at radius 3 is 2.51 bits per heavy atom. The van der Waals surface area contributed by atoms with Crippen LogP contribution < -0.4 is 10.6 Å². The van der Waals surface area contributed by atoms with Gasteiger partial charge >= 0.3 is 0 Å². The average Bonchev–Trinajstić information content (AvgIpc) is 3.65. The van der Waals surface area contributed by atoms with Crippen LogP contribution in [0.2, 0.25) is 9.36 Å². The molecular formula is C32H32Cl2N8S. The maximum atomic E-state index is 9.88. The zero-order valence-corrected chi connectivity index (χ0v) is 26.5. The molecule has 2 N–H and O–H groups in total. The summed E-state index contributed by atoms with van der Waals surface area (Å²) >= 11 is 14.4. The summed E-state index contributed by atoms with van der Waals surface area (Å²) < 4.78 is 2.68. The van der Waals surface area contributed by atoms with E-state index in [1.807, 2.05) is 46.5 Å². The number of halogens is 2. The fourth-order valence-electron chi connectivity index (χ4n) is 5.62. The lowest BCUT2D eigenvalue weighted by atomic mass is 9.98. The van der Waals surface area contributed by atoms with Crippen LogP contribution in [0.4, 0.5) is 17.1 Å². The molecule has 1 aliphatic rings. The second-order valence-corrected chi connectivity index (χ2v) is 13.7. The molecule has 3 aromatic heterocycles. The van der Waals surface area contributed by atoms with Crippen LogP contribution in [0, 0.1) is 11.3 Å². The first kappa shape index (κ1) is 29.4. The van der Waals surface area contributed by atoms with Crippen LogP contribution in [0.5, 0.6) is 0 Å². The Morgan fingerprint density at radius 1 is 1.07 bits per heavy atom. The third-order valence-corrected chi connectivity index (χ3v) is 9.32. The van der Waals surface area contributed by atoms with E-state index >= 15 is 0 Å². The maximum Gasteiger partial charge on any atom is 0.109 e. The number of thiophene rings is 1. The van der Waals surface area contributed by atoms with E-state index in [9.17, 15) is 5.26 Å². The van der Waals surface area contributed by atoms with E-state index in [0.717, 1.165) is 53.9 Å². The molecule has 0 aliphatic carbocycles. The van der Waals surface area contributed by atoms with Gasteiger partial charge in [-0.3, -0.25) is 9.88 Å². The van der Waals surface area contributed by atoms with Gasteiger partial charge in [0.2, 0.25) is 0 Å². The zero-order chi connectivity index (χ0) is 30.1. The predicted molar refractivity (Wildman–Crippen MR) is 176 cm³/mol. The number of fused-ring (bicyclic) bond motifs is 1. The molecular weight excluding hydrogens is 599 g/mol. The van der Waals surface area contributed by atoms with E-state index in [1.165, 1.54) is 17.5 Å². The Hall–Kier alpha value is -3.68. The van der Waals surface area contributed by atoms with Gasteiger partial charge in [0.1, 0.15) is 11.8 Å². The van der Waals surface area contributed by atoms with Gasteiger partial charge in [-0.05, 0) is 57.4 Å². The molecule has 43 heavy (non-hydrogen) atoms. The number of nitrogens with one attached hydrogen (secondary N) is 2. The molecule has 0 unspecified atom stereocenters. The van der Waals surface area contributed by atoms with Gasteiger partial charge in [0.15, 0.2) is 0 Å². The highest BCUT2D eigenvalue weighted by Crippen LogP contribution is 2.38. The average molecular weight is 632 g/mol. The van der Waals surface area contributed by atoms with Gasteiger partial charge in [-0.25, -0.2) is 4.68 Å². The summed E-state index contributed by atoms with van der Waals surface area (Å²) in [5.74, 6) is 0. The van der Waals surface area contributed by atoms with Crippen LogP contribution in [-0.2, 0) is 0 Å². The molecule has 1 atom stereocenters. The number of pyridine rings is 1. The highest BCUT2D eigenvalue weighted by atomic mass is 35.5. The minimum absolute atomic E-state index is 0.164. The van der Waals surface area contributed by atoms with E-state index in [2.05, 4.69) is 76.0 Å². The lowest BCUT2D eigenvalue weighted by molar-refractivity contribution is 0.0866. The van der Waals surface area contributed by atoms with Crippen molar-refractivity contribution in [1.29, 1.82) is 5.26 Å². The van der Waals surface area contributed by atoms with Crippen LogP contribution in [0.15, 0.2) is 66.3 Å². The van der Waals surface area contributed by atoms with Crippen molar-refractivity contribution in [2.45, 2.75) is 51.2 Å². The summed E-state index contributed by atoms with van der Waals surface area (Å²) in [6.45, 7) is 8.87. The summed E-state index contributed by atoms with van der Waals surface area (Å²) in [5, 5.41) is 29.2. The summed E-state index contributed by atoms with van der Waals surface area (Å²) in [7, 11) is 0. The van der Waals surface area contributed by atoms with Crippen molar-refractivity contribution in [3.8, 4) is 6.07 Å². The number of hydrogen-bond donors (Lipinski definition) is 2. The van der Waals surface area contributed by atoms with Crippen molar-refractivity contribution < 1.29 is 0 Å². The molecule has 0 amide bonds. The number of anilines is 3. The number of piperidine rings is 1. The molecule has 1 saturated heterocycles. The van der Waals surface area contributed by atoms with Gasteiger partial charge in [0, 0.05) is 41.3 Å². The number of likely N-dealkylation sites (tertiary alicyclic amines) is 1. The Morgan fingerprint density at radius 2 is 1.84 bits per heavy atom. The Kier molecular flexibility index (Phi) is 8.29. The third-order valence-electron chi connectivity index (χ3n) is 7.94. The first-order chi connectivity index (χ1) is 20.7. The first-order valence-electron chi connectivity index (χ1n) is 14.2. The van der Waals surface area contributed by atoms with Gasteiger partial charge in [-0.2, -0.15) is 5.26 Å². The van der Waals surface area contributed by atoms with Crippen molar-refractivity contribution >= 4 is 62.5 Å². The molecule has 5 aromatic rings. The van der Waals surface area contributed by atoms with E-state index in [0.29, 0.717) is 32.2 Å². The molecule has 0 saturated carbocycles. The molecule has 1 aliphatic heterocycles. The van der Waals surface area contributed by atoms with Crippen LogP contribution in [0.3, 0.4) is 0 Å². The van der Waals surface area contributed by atoms with Crippen LogP contribution in [0.25, 0.3) is 10.9 Å². The quantitative estimate of drug-likeness (QED) is 0.186. The summed E-state index contributed by atoms with van der Waals surface area (Å²) in [4.78, 5) is 7.03. The summed E-state index contributed by atoms with van der Waals surface area (Å²) in [6, 6.07) is 18.1. The van der Waals surface area contributed by atoms with E-state index in [-0.39, 0.29) is 11.6 Å². The normalized spacial score (nSPS) is 15.3. The lowest BCUT2D eigenvalue weighted by Crippen LogP contribution is -2.46. The van der Waals surface area contributed by atoms with Crippen LogP contribution in [-0.4, -0.2) is 43.5 Å². The van der Waals surface area contributed by atoms with Gasteiger partial charge < -0.3 is 10.6 Å². The molecule has 1 fully saturated rings. The molecule has 4 heterocycles. The monoisotopic (exact) mass is 630 g/mol.